The summed E-state index contributed by atoms with van der Waals surface area (Å²) in [5.74, 6) is 1.51. The van der Waals surface area contributed by atoms with Crippen molar-refractivity contribution < 1.29 is 13.9 Å². The van der Waals surface area contributed by atoms with Gasteiger partial charge in [0.25, 0.3) is 0 Å². The Kier molecular flexibility index (Phi) is 5.63. The third-order valence-corrected chi connectivity index (χ3v) is 3.80. The van der Waals surface area contributed by atoms with Crippen molar-refractivity contribution in [2.45, 2.75) is 26.8 Å². The van der Waals surface area contributed by atoms with Crippen LogP contribution in [0.3, 0.4) is 0 Å². The molecule has 0 spiro atoms. The number of aryl methyl sites for hydroxylation is 1. The molecule has 0 aliphatic heterocycles. The van der Waals surface area contributed by atoms with Crippen LogP contribution in [0, 0.1) is 6.92 Å². The van der Waals surface area contributed by atoms with E-state index in [9.17, 15) is 4.79 Å². The first-order valence-electron chi connectivity index (χ1n) is 8.52. The van der Waals surface area contributed by atoms with E-state index in [0.29, 0.717) is 18.4 Å². The molecule has 1 aromatic heterocycles. The lowest BCUT2D eigenvalue weighted by Crippen LogP contribution is -2.24. The maximum atomic E-state index is 12.1. The predicted molar refractivity (Wildman–Crippen MR) is 97.6 cm³/mol. The highest BCUT2D eigenvalue weighted by atomic mass is 16.5. The predicted octanol–water partition coefficient (Wildman–Crippen LogP) is 3.30. The molecule has 0 unspecified atom stereocenters. The summed E-state index contributed by atoms with van der Waals surface area (Å²) in [6, 6.07) is 15.3. The van der Waals surface area contributed by atoms with Gasteiger partial charge >= 0.3 is 0 Å². The molecule has 1 amide bonds. The Balaban J connectivity index is 1.52. The van der Waals surface area contributed by atoms with Crippen molar-refractivity contribution in [3.8, 4) is 17.2 Å². The van der Waals surface area contributed by atoms with Crippen LogP contribution in [0.4, 0.5) is 0 Å². The molecule has 1 N–H and O–H groups in total. The van der Waals surface area contributed by atoms with E-state index in [4.69, 9.17) is 9.15 Å². The minimum atomic E-state index is -0.107. The maximum Gasteiger partial charge on any atom is 0.247 e. The van der Waals surface area contributed by atoms with Crippen molar-refractivity contribution in [3.63, 3.8) is 0 Å². The van der Waals surface area contributed by atoms with Gasteiger partial charge < -0.3 is 14.5 Å². The SMILES string of the molecule is CCOc1ccc(CC(=O)NCc2nnc(-c3ccc(C)cc3)o2)cc1. The van der Waals surface area contributed by atoms with Crippen LogP contribution in [-0.2, 0) is 17.8 Å². The van der Waals surface area contributed by atoms with Crippen LogP contribution in [0.5, 0.6) is 5.75 Å². The second-order valence-electron chi connectivity index (χ2n) is 5.90. The third kappa shape index (κ3) is 4.69. The molecule has 0 bridgehead atoms. The Morgan fingerprint density at radius 2 is 1.81 bits per heavy atom. The second kappa shape index (κ2) is 8.29. The molecule has 0 fully saturated rings. The van der Waals surface area contributed by atoms with Crippen LogP contribution in [0.15, 0.2) is 52.9 Å². The number of aromatic nitrogens is 2. The molecule has 26 heavy (non-hydrogen) atoms. The van der Waals surface area contributed by atoms with Gasteiger partial charge in [0.15, 0.2) is 0 Å². The Morgan fingerprint density at radius 1 is 1.08 bits per heavy atom. The molecule has 134 valence electrons. The fourth-order valence-electron chi connectivity index (χ4n) is 2.43. The van der Waals surface area contributed by atoms with Crippen molar-refractivity contribution in [1.29, 1.82) is 0 Å². The van der Waals surface area contributed by atoms with Crippen molar-refractivity contribution in [1.82, 2.24) is 15.5 Å². The fourth-order valence-corrected chi connectivity index (χ4v) is 2.43. The lowest BCUT2D eigenvalue weighted by Gasteiger charge is -2.05. The van der Waals surface area contributed by atoms with Crippen molar-refractivity contribution in [3.05, 3.63) is 65.5 Å². The molecule has 0 aliphatic rings. The number of hydrogen-bond donors (Lipinski definition) is 1. The van der Waals surface area contributed by atoms with Crippen molar-refractivity contribution in [2.75, 3.05) is 6.61 Å². The quantitative estimate of drug-likeness (QED) is 0.707. The van der Waals surface area contributed by atoms with Crippen LogP contribution in [-0.4, -0.2) is 22.7 Å². The van der Waals surface area contributed by atoms with Gasteiger partial charge in [0.05, 0.1) is 19.6 Å². The van der Waals surface area contributed by atoms with Crippen LogP contribution >= 0.6 is 0 Å². The molecule has 0 saturated heterocycles. The van der Waals surface area contributed by atoms with Gasteiger partial charge in [0.1, 0.15) is 5.75 Å². The van der Waals surface area contributed by atoms with E-state index in [0.717, 1.165) is 22.4 Å². The van der Waals surface area contributed by atoms with Crippen molar-refractivity contribution >= 4 is 5.91 Å². The lowest BCUT2D eigenvalue weighted by atomic mass is 10.1. The number of rotatable bonds is 7. The first kappa shape index (κ1) is 17.7. The topological polar surface area (TPSA) is 77.2 Å². The highest BCUT2D eigenvalue weighted by molar-refractivity contribution is 5.78. The normalized spacial score (nSPS) is 10.5. The van der Waals surface area contributed by atoms with E-state index in [-0.39, 0.29) is 18.9 Å². The van der Waals surface area contributed by atoms with E-state index in [1.807, 2.05) is 62.4 Å². The number of hydrogen-bond acceptors (Lipinski definition) is 5. The van der Waals surface area contributed by atoms with E-state index < -0.39 is 0 Å². The molecule has 0 radical (unpaired) electrons. The molecule has 0 atom stereocenters. The van der Waals surface area contributed by atoms with E-state index in [2.05, 4.69) is 15.5 Å². The zero-order chi connectivity index (χ0) is 18.4. The van der Waals surface area contributed by atoms with Crippen LogP contribution in [0.2, 0.25) is 0 Å². The molecule has 6 heteroatoms. The smallest absolute Gasteiger partial charge is 0.247 e. The number of benzene rings is 2. The van der Waals surface area contributed by atoms with Gasteiger partial charge in [0, 0.05) is 5.56 Å². The molecule has 0 aliphatic carbocycles. The summed E-state index contributed by atoms with van der Waals surface area (Å²) in [5.41, 5.74) is 2.93. The number of ether oxygens (including phenoxy) is 1. The summed E-state index contributed by atoms with van der Waals surface area (Å²) in [6.45, 7) is 4.77. The highest BCUT2D eigenvalue weighted by Gasteiger charge is 2.10. The van der Waals surface area contributed by atoms with Crippen LogP contribution in [0.1, 0.15) is 23.9 Å². The molecule has 3 aromatic rings. The number of carbonyl (C=O) groups is 1. The zero-order valence-corrected chi connectivity index (χ0v) is 14.9. The van der Waals surface area contributed by atoms with Gasteiger partial charge in [-0.15, -0.1) is 10.2 Å². The molecule has 6 nitrogen and oxygen atoms in total. The van der Waals surface area contributed by atoms with Gasteiger partial charge in [-0.2, -0.15) is 0 Å². The number of carbonyl (C=O) groups excluding carboxylic acids is 1. The largest absolute Gasteiger partial charge is 0.494 e. The van der Waals surface area contributed by atoms with Crippen LogP contribution in [0.25, 0.3) is 11.5 Å². The van der Waals surface area contributed by atoms with Gasteiger partial charge in [-0.3, -0.25) is 4.79 Å². The fraction of sp³-hybridized carbons (Fsp3) is 0.250. The standard InChI is InChI=1S/C20H21N3O3/c1-3-25-17-10-6-15(7-11-17)12-18(24)21-13-19-22-23-20(26-19)16-8-4-14(2)5-9-16/h4-11H,3,12-13H2,1-2H3,(H,21,24). The molecular weight excluding hydrogens is 330 g/mol. The summed E-state index contributed by atoms with van der Waals surface area (Å²) in [5, 5.41) is 10.8. The first-order chi connectivity index (χ1) is 12.6. The van der Waals surface area contributed by atoms with Gasteiger partial charge in [-0.25, -0.2) is 0 Å². The summed E-state index contributed by atoms with van der Waals surface area (Å²) >= 11 is 0. The Bertz CT molecular complexity index is 855. The molecular formula is C20H21N3O3. The summed E-state index contributed by atoms with van der Waals surface area (Å²) in [6.07, 6.45) is 0.283. The summed E-state index contributed by atoms with van der Waals surface area (Å²) < 4.78 is 11.0. The van der Waals surface area contributed by atoms with E-state index in [1.54, 1.807) is 0 Å². The van der Waals surface area contributed by atoms with E-state index >= 15 is 0 Å². The monoisotopic (exact) mass is 351 g/mol. The summed E-state index contributed by atoms with van der Waals surface area (Å²) in [7, 11) is 0. The Morgan fingerprint density at radius 3 is 2.50 bits per heavy atom. The molecule has 0 saturated carbocycles. The number of nitrogens with zero attached hydrogens (tertiary/aromatic N) is 2. The van der Waals surface area contributed by atoms with Crippen LogP contribution < -0.4 is 10.1 Å². The Labute approximate surface area is 152 Å². The molecule has 2 aromatic carbocycles. The second-order valence-corrected chi connectivity index (χ2v) is 5.90. The average molecular weight is 351 g/mol. The molecule has 1 heterocycles. The van der Waals surface area contributed by atoms with E-state index in [1.165, 1.54) is 0 Å². The van der Waals surface area contributed by atoms with Gasteiger partial charge in [-0.05, 0) is 43.7 Å². The minimum Gasteiger partial charge on any atom is -0.494 e. The van der Waals surface area contributed by atoms with Gasteiger partial charge in [0.2, 0.25) is 17.7 Å². The number of nitrogens with one attached hydrogen (secondary N) is 1. The zero-order valence-electron chi connectivity index (χ0n) is 14.9. The molecule has 3 rings (SSSR count). The third-order valence-electron chi connectivity index (χ3n) is 3.80. The van der Waals surface area contributed by atoms with Gasteiger partial charge in [-0.1, -0.05) is 29.8 Å². The minimum absolute atomic E-state index is 0.107. The highest BCUT2D eigenvalue weighted by Crippen LogP contribution is 2.18. The Hall–Kier alpha value is -3.15. The summed E-state index contributed by atoms with van der Waals surface area (Å²) in [4.78, 5) is 12.1. The number of amides is 1. The first-order valence-corrected chi connectivity index (χ1v) is 8.52. The maximum absolute atomic E-state index is 12.1. The van der Waals surface area contributed by atoms with Crippen molar-refractivity contribution in [2.24, 2.45) is 0 Å². The average Bonchev–Trinajstić information content (AvgIpc) is 3.11. The lowest BCUT2D eigenvalue weighted by molar-refractivity contribution is -0.120.